The highest BCUT2D eigenvalue weighted by atomic mass is 19.4. The molecule has 0 radical (unpaired) electrons. The predicted molar refractivity (Wildman–Crippen MR) is 90.3 cm³/mol. The minimum Gasteiger partial charge on any atom is -0.441 e. The normalized spacial score (nSPS) is 11.3. The second-order valence-corrected chi connectivity index (χ2v) is 5.58. The molecular formula is C19H15F3N2O2. The molecule has 3 rings (SSSR count). The molecule has 1 N–H and O–H groups in total. The number of carbonyl (C=O) groups is 1. The fraction of sp³-hybridized carbons (Fsp3) is 0.158. The lowest BCUT2D eigenvalue weighted by Crippen LogP contribution is -2.16. The van der Waals surface area contributed by atoms with E-state index in [0.717, 1.165) is 11.6 Å². The number of benzene rings is 2. The van der Waals surface area contributed by atoms with Crippen LogP contribution in [0.1, 0.15) is 17.9 Å². The number of aryl methyl sites for hydroxylation is 1. The van der Waals surface area contributed by atoms with Crippen molar-refractivity contribution in [3.8, 4) is 11.3 Å². The molecule has 0 saturated carbocycles. The summed E-state index contributed by atoms with van der Waals surface area (Å²) >= 11 is 0. The second-order valence-electron chi connectivity index (χ2n) is 5.58. The molecule has 1 heterocycles. The van der Waals surface area contributed by atoms with Crippen molar-refractivity contribution in [2.45, 2.75) is 19.0 Å². The number of amides is 1. The Balaban J connectivity index is 1.61. The van der Waals surface area contributed by atoms with E-state index in [-0.39, 0.29) is 18.5 Å². The number of para-hydroxylation sites is 1. The smallest absolute Gasteiger partial charge is 0.418 e. The molecule has 3 aromatic rings. The maximum Gasteiger partial charge on any atom is 0.418 e. The van der Waals surface area contributed by atoms with Gasteiger partial charge in [-0.2, -0.15) is 13.2 Å². The fourth-order valence-electron chi connectivity index (χ4n) is 2.43. The molecule has 0 spiro atoms. The molecule has 4 nitrogen and oxygen atoms in total. The largest absolute Gasteiger partial charge is 0.441 e. The number of hydrogen-bond donors (Lipinski definition) is 1. The summed E-state index contributed by atoms with van der Waals surface area (Å²) in [5.74, 6) is 0.382. The van der Waals surface area contributed by atoms with Crippen molar-refractivity contribution in [3.63, 3.8) is 0 Å². The monoisotopic (exact) mass is 360 g/mol. The highest BCUT2D eigenvalue weighted by Gasteiger charge is 2.33. The van der Waals surface area contributed by atoms with E-state index in [1.165, 1.54) is 18.2 Å². The molecule has 0 aliphatic carbocycles. The van der Waals surface area contributed by atoms with Gasteiger partial charge in [-0.3, -0.25) is 4.79 Å². The Morgan fingerprint density at radius 2 is 1.73 bits per heavy atom. The lowest BCUT2D eigenvalue weighted by molar-refractivity contribution is -0.137. The van der Waals surface area contributed by atoms with E-state index in [1.807, 2.05) is 30.3 Å². The van der Waals surface area contributed by atoms with Crippen molar-refractivity contribution in [1.82, 2.24) is 4.98 Å². The number of anilines is 1. The number of carbonyl (C=O) groups excluding carboxylic acids is 1. The fourth-order valence-corrected chi connectivity index (χ4v) is 2.43. The number of alkyl halides is 3. The molecule has 0 unspecified atom stereocenters. The maximum absolute atomic E-state index is 12.9. The Labute approximate surface area is 147 Å². The van der Waals surface area contributed by atoms with Crippen LogP contribution in [0, 0.1) is 0 Å². The number of rotatable bonds is 5. The first-order valence-corrected chi connectivity index (χ1v) is 7.89. The average molecular weight is 360 g/mol. The third-order valence-electron chi connectivity index (χ3n) is 3.68. The quantitative estimate of drug-likeness (QED) is 0.702. The molecule has 0 fully saturated rings. The second kappa shape index (κ2) is 7.43. The minimum absolute atomic E-state index is 0.0407. The molecule has 26 heavy (non-hydrogen) atoms. The zero-order chi connectivity index (χ0) is 18.6. The average Bonchev–Trinajstić information content (AvgIpc) is 3.09. The summed E-state index contributed by atoms with van der Waals surface area (Å²) in [6.45, 7) is 0. The Morgan fingerprint density at radius 1 is 1.04 bits per heavy atom. The van der Waals surface area contributed by atoms with E-state index in [1.54, 1.807) is 6.20 Å². The van der Waals surface area contributed by atoms with Gasteiger partial charge in [0.2, 0.25) is 5.91 Å². The predicted octanol–water partition coefficient (Wildman–Crippen LogP) is 4.93. The van der Waals surface area contributed by atoms with Crippen LogP contribution in [-0.4, -0.2) is 10.9 Å². The van der Waals surface area contributed by atoms with E-state index in [2.05, 4.69) is 10.3 Å². The zero-order valence-corrected chi connectivity index (χ0v) is 13.6. The van der Waals surface area contributed by atoms with E-state index in [4.69, 9.17) is 4.42 Å². The standard InChI is InChI=1S/C19H15F3N2O2/c20-19(21,22)14-8-4-5-9-15(14)24-17(25)10-11-18-23-12-16(26-18)13-6-2-1-3-7-13/h1-9,12H,10-11H2,(H,24,25). The van der Waals surface area contributed by atoms with Gasteiger partial charge in [0.1, 0.15) is 0 Å². The summed E-state index contributed by atoms with van der Waals surface area (Å²) in [5, 5.41) is 2.30. The third-order valence-corrected chi connectivity index (χ3v) is 3.68. The van der Waals surface area contributed by atoms with Gasteiger partial charge in [-0.25, -0.2) is 4.98 Å². The van der Waals surface area contributed by atoms with Crippen LogP contribution in [0.2, 0.25) is 0 Å². The van der Waals surface area contributed by atoms with Gasteiger partial charge in [0.05, 0.1) is 17.4 Å². The van der Waals surface area contributed by atoms with Crippen molar-refractivity contribution in [2.24, 2.45) is 0 Å². The number of halogens is 3. The number of oxazole rings is 1. The van der Waals surface area contributed by atoms with E-state index >= 15 is 0 Å². The summed E-state index contributed by atoms with van der Waals surface area (Å²) in [6.07, 6.45) is -2.83. The van der Waals surface area contributed by atoms with Crippen molar-refractivity contribution in [1.29, 1.82) is 0 Å². The number of nitrogens with zero attached hydrogens (tertiary/aromatic N) is 1. The molecule has 2 aromatic carbocycles. The van der Waals surface area contributed by atoms with Crippen LogP contribution in [0.5, 0.6) is 0 Å². The van der Waals surface area contributed by atoms with Crippen LogP contribution >= 0.6 is 0 Å². The van der Waals surface area contributed by atoms with Crippen LogP contribution in [0.25, 0.3) is 11.3 Å². The Hall–Kier alpha value is -3.09. The van der Waals surface area contributed by atoms with Gasteiger partial charge in [0.25, 0.3) is 0 Å². The number of hydrogen-bond acceptors (Lipinski definition) is 3. The van der Waals surface area contributed by atoms with Gasteiger partial charge >= 0.3 is 6.18 Å². The van der Waals surface area contributed by atoms with E-state index in [0.29, 0.717) is 11.7 Å². The van der Waals surface area contributed by atoms with Crippen molar-refractivity contribution in [3.05, 3.63) is 72.2 Å². The molecule has 1 amide bonds. The van der Waals surface area contributed by atoms with Gasteiger partial charge < -0.3 is 9.73 Å². The molecule has 0 aliphatic heterocycles. The van der Waals surface area contributed by atoms with Crippen LogP contribution in [0.4, 0.5) is 18.9 Å². The van der Waals surface area contributed by atoms with Gasteiger partial charge in [0.15, 0.2) is 11.7 Å². The molecule has 7 heteroatoms. The molecule has 0 saturated heterocycles. The molecule has 0 bridgehead atoms. The summed E-state index contributed by atoms with van der Waals surface area (Å²) in [4.78, 5) is 16.1. The topological polar surface area (TPSA) is 55.1 Å². The minimum atomic E-state index is -4.53. The first kappa shape index (κ1) is 17.7. The molecule has 0 aliphatic rings. The van der Waals surface area contributed by atoms with E-state index in [9.17, 15) is 18.0 Å². The lowest BCUT2D eigenvalue weighted by atomic mass is 10.1. The van der Waals surface area contributed by atoms with Crippen LogP contribution in [0.3, 0.4) is 0 Å². The highest BCUT2D eigenvalue weighted by Crippen LogP contribution is 2.34. The van der Waals surface area contributed by atoms with Gasteiger partial charge in [-0.15, -0.1) is 0 Å². The Kier molecular flexibility index (Phi) is 5.06. The SMILES string of the molecule is O=C(CCc1ncc(-c2ccccc2)o1)Nc1ccccc1C(F)(F)F. The van der Waals surface area contributed by atoms with Crippen LogP contribution in [-0.2, 0) is 17.4 Å². The summed E-state index contributed by atoms with van der Waals surface area (Å²) in [7, 11) is 0. The summed E-state index contributed by atoms with van der Waals surface area (Å²) in [6, 6.07) is 14.2. The molecular weight excluding hydrogens is 345 g/mol. The first-order chi connectivity index (χ1) is 12.4. The Morgan fingerprint density at radius 3 is 2.46 bits per heavy atom. The van der Waals surface area contributed by atoms with Crippen molar-refractivity contribution in [2.75, 3.05) is 5.32 Å². The van der Waals surface area contributed by atoms with Gasteiger partial charge in [0, 0.05) is 18.4 Å². The number of nitrogens with one attached hydrogen (secondary N) is 1. The first-order valence-electron chi connectivity index (χ1n) is 7.89. The summed E-state index contributed by atoms with van der Waals surface area (Å²) in [5.41, 5.74) is -0.284. The Bertz CT molecular complexity index is 889. The third kappa shape index (κ3) is 4.30. The number of aromatic nitrogens is 1. The van der Waals surface area contributed by atoms with Crippen molar-refractivity contribution < 1.29 is 22.4 Å². The van der Waals surface area contributed by atoms with Crippen LogP contribution < -0.4 is 5.32 Å². The van der Waals surface area contributed by atoms with Gasteiger partial charge in [-0.1, -0.05) is 42.5 Å². The molecule has 1 aromatic heterocycles. The van der Waals surface area contributed by atoms with Gasteiger partial charge in [-0.05, 0) is 12.1 Å². The van der Waals surface area contributed by atoms with Crippen LogP contribution in [0.15, 0.2) is 65.2 Å². The highest BCUT2D eigenvalue weighted by molar-refractivity contribution is 5.91. The molecule has 0 atom stereocenters. The maximum atomic E-state index is 12.9. The zero-order valence-electron chi connectivity index (χ0n) is 13.6. The lowest BCUT2D eigenvalue weighted by Gasteiger charge is -2.13. The summed E-state index contributed by atoms with van der Waals surface area (Å²) < 4.78 is 44.4. The van der Waals surface area contributed by atoms with Crippen molar-refractivity contribution >= 4 is 11.6 Å². The van der Waals surface area contributed by atoms with E-state index < -0.39 is 17.6 Å². The molecule has 134 valence electrons.